The molecule has 1 saturated heterocycles. The first-order valence-electron chi connectivity index (χ1n) is 7.80. The van der Waals surface area contributed by atoms with Crippen LogP contribution in [0.5, 0.6) is 0 Å². The van der Waals surface area contributed by atoms with Crippen LogP contribution in [0.25, 0.3) is 0 Å². The second-order valence-electron chi connectivity index (χ2n) is 5.47. The van der Waals surface area contributed by atoms with Crippen LogP contribution in [0, 0.1) is 0 Å². The molecule has 0 bridgehead atoms. The molecule has 0 unspecified atom stereocenters. The Morgan fingerprint density at radius 2 is 1.96 bits per heavy atom. The predicted octanol–water partition coefficient (Wildman–Crippen LogP) is 3.80. The maximum Gasteiger partial charge on any atom is 0.389 e. The minimum atomic E-state index is -4.06. The Kier molecular flexibility index (Phi) is 9.17. The molecule has 9 heteroatoms. The summed E-state index contributed by atoms with van der Waals surface area (Å²) < 4.78 is 36.3. The summed E-state index contributed by atoms with van der Waals surface area (Å²) in [6.07, 6.45) is -4.13. The molecule has 0 aromatic carbocycles. The minimum Gasteiger partial charge on any atom is -0.360 e. The summed E-state index contributed by atoms with van der Waals surface area (Å²) in [5.74, 6) is 0.780. The summed E-state index contributed by atoms with van der Waals surface area (Å²) in [7, 11) is 1.71. The molecule has 1 fully saturated rings. The van der Waals surface area contributed by atoms with E-state index in [9.17, 15) is 13.2 Å². The molecule has 0 radical (unpaired) electrons. The van der Waals surface area contributed by atoms with Crippen molar-refractivity contribution in [3.8, 4) is 0 Å². The number of thiophene rings is 1. The van der Waals surface area contributed by atoms with Crippen molar-refractivity contribution in [2.24, 2.45) is 4.99 Å². The summed E-state index contributed by atoms with van der Waals surface area (Å²) in [6.45, 7) is 4.10. The Labute approximate surface area is 162 Å². The quantitative estimate of drug-likeness (QED) is 0.304. The van der Waals surface area contributed by atoms with Crippen LogP contribution < -0.4 is 10.2 Å². The van der Waals surface area contributed by atoms with E-state index >= 15 is 0 Å². The monoisotopic (exact) mass is 476 g/mol. The number of unbranched alkanes of at least 4 members (excludes halogenated alkanes) is 1. The first kappa shape index (κ1) is 21.3. The predicted molar refractivity (Wildman–Crippen MR) is 105 cm³/mol. The van der Waals surface area contributed by atoms with E-state index in [1.807, 2.05) is 6.07 Å². The molecule has 1 aliphatic heterocycles. The van der Waals surface area contributed by atoms with E-state index < -0.39 is 12.6 Å². The molecule has 2 heterocycles. The molecule has 1 aliphatic rings. The van der Waals surface area contributed by atoms with Crippen molar-refractivity contribution < 1.29 is 13.2 Å². The zero-order chi connectivity index (χ0) is 16.7. The van der Waals surface area contributed by atoms with E-state index in [-0.39, 0.29) is 30.4 Å². The van der Waals surface area contributed by atoms with Gasteiger partial charge in [-0.2, -0.15) is 13.2 Å². The molecule has 2 rings (SSSR count). The van der Waals surface area contributed by atoms with Gasteiger partial charge in [-0.05, 0) is 30.4 Å². The van der Waals surface area contributed by atoms with Crippen molar-refractivity contribution in [3.05, 3.63) is 17.5 Å². The molecule has 0 amide bonds. The van der Waals surface area contributed by atoms with E-state index in [2.05, 4.69) is 31.6 Å². The average molecular weight is 476 g/mol. The largest absolute Gasteiger partial charge is 0.389 e. The number of guanidine groups is 1. The molecule has 1 N–H and O–H groups in total. The number of halogens is 4. The van der Waals surface area contributed by atoms with Gasteiger partial charge in [0.2, 0.25) is 0 Å². The number of anilines is 1. The summed E-state index contributed by atoms with van der Waals surface area (Å²) in [4.78, 5) is 8.74. The standard InChI is InChI=1S/C15H23F3N4S.HI/c1-19-14(20-7-3-2-6-15(16,17)18)22-10-8-21(9-11-22)13-5-4-12-23-13;/h4-5,12H,2-3,6-11H2,1H3,(H,19,20);1H. The highest BCUT2D eigenvalue weighted by molar-refractivity contribution is 14.0. The fourth-order valence-corrected chi connectivity index (χ4v) is 3.36. The molecule has 24 heavy (non-hydrogen) atoms. The van der Waals surface area contributed by atoms with Gasteiger partial charge in [0.05, 0.1) is 5.00 Å². The molecule has 138 valence electrons. The fraction of sp³-hybridized carbons (Fsp3) is 0.667. The molecular weight excluding hydrogens is 452 g/mol. The lowest BCUT2D eigenvalue weighted by Crippen LogP contribution is -2.52. The third-order valence-corrected chi connectivity index (χ3v) is 4.71. The average Bonchev–Trinajstić information content (AvgIpc) is 3.04. The topological polar surface area (TPSA) is 30.9 Å². The fourth-order valence-electron chi connectivity index (χ4n) is 2.57. The SMILES string of the molecule is CN=C(NCCCCC(F)(F)F)N1CCN(c2cccs2)CC1.I. The Hall–Kier alpha value is -0.710. The number of rotatable bonds is 5. The van der Waals surface area contributed by atoms with Crippen molar-refractivity contribution in [3.63, 3.8) is 0 Å². The number of hydrogen-bond acceptors (Lipinski definition) is 3. The van der Waals surface area contributed by atoms with Crippen molar-refractivity contribution in [1.29, 1.82) is 0 Å². The van der Waals surface area contributed by atoms with E-state index in [0.29, 0.717) is 13.0 Å². The zero-order valence-electron chi connectivity index (χ0n) is 13.7. The summed E-state index contributed by atoms with van der Waals surface area (Å²) >= 11 is 1.74. The Morgan fingerprint density at radius 3 is 2.50 bits per heavy atom. The molecule has 0 atom stereocenters. The Balaban J connectivity index is 0.00000288. The molecule has 0 spiro atoms. The van der Waals surface area contributed by atoms with Crippen LogP contribution in [0.2, 0.25) is 0 Å². The summed E-state index contributed by atoms with van der Waals surface area (Å²) in [5, 5.41) is 6.52. The van der Waals surface area contributed by atoms with Gasteiger partial charge >= 0.3 is 6.18 Å². The summed E-state index contributed by atoms with van der Waals surface area (Å²) in [5.41, 5.74) is 0. The molecule has 1 aromatic heterocycles. The van der Waals surface area contributed by atoms with Gasteiger partial charge < -0.3 is 15.1 Å². The second kappa shape index (κ2) is 10.3. The highest BCUT2D eigenvalue weighted by atomic mass is 127. The van der Waals surface area contributed by atoms with E-state index in [4.69, 9.17) is 0 Å². The van der Waals surface area contributed by atoms with E-state index in [1.54, 1.807) is 18.4 Å². The maximum atomic E-state index is 12.1. The van der Waals surface area contributed by atoms with E-state index in [1.165, 1.54) is 5.00 Å². The van der Waals surface area contributed by atoms with Crippen molar-refractivity contribution in [2.75, 3.05) is 44.7 Å². The number of hydrogen-bond donors (Lipinski definition) is 1. The molecular formula is C15H24F3IN4S. The molecule has 1 aromatic rings. The summed E-state index contributed by atoms with van der Waals surface area (Å²) in [6, 6.07) is 4.17. The highest BCUT2D eigenvalue weighted by Gasteiger charge is 2.26. The van der Waals surface area contributed by atoms with Crippen molar-refractivity contribution in [2.45, 2.75) is 25.4 Å². The van der Waals surface area contributed by atoms with Gasteiger partial charge in [-0.25, -0.2) is 0 Å². The van der Waals surface area contributed by atoms with E-state index in [0.717, 1.165) is 32.1 Å². The minimum absolute atomic E-state index is 0. The number of piperazine rings is 1. The molecule has 4 nitrogen and oxygen atoms in total. The molecule has 0 saturated carbocycles. The van der Waals surface area contributed by atoms with Crippen LogP contribution >= 0.6 is 35.3 Å². The molecule has 0 aliphatic carbocycles. The van der Waals surface area contributed by atoms with Gasteiger partial charge in [0.1, 0.15) is 0 Å². The normalized spacial score (nSPS) is 16.1. The lowest BCUT2D eigenvalue weighted by molar-refractivity contribution is -0.135. The third-order valence-electron chi connectivity index (χ3n) is 3.78. The van der Waals surface area contributed by atoms with Gasteiger partial charge in [-0.1, -0.05) is 0 Å². The van der Waals surface area contributed by atoms with Gasteiger partial charge in [0.25, 0.3) is 0 Å². The smallest absolute Gasteiger partial charge is 0.360 e. The van der Waals surface area contributed by atoms with Gasteiger partial charge in [-0.15, -0.1) is 35.3 Å². The van der Waals surface area contributed by atoms with Crippen LogP contribution in [0.1, 0.15) is 19.3 Å². The van der Waals surface area contributed by atoms with Gasteiger partial charge in [0, 0.05) is 46.2 Å². The lowest BCUT2D eigenvalue weighted by Gasteiger charge is -2.37. The van der Waals surface area contributed by atoms with Crippen LogP contribution in [-0.2, 0) is 0 Å². The number of nitrogens with one attached hydrogen (secondary N) is 1. The number of alkyl halides is 3. The van der Waals surface area contributed by atoms with Crippen LogP contribution in [0.4, 0.5) is 18.2 Å². The first-order valence-corrected chi connectivity index (χ1v) is 8.68. The van der Waals surface area contributed by atoms with Gasteiger partial charge in [-0.3, -0.25) is 4.99 Å². The Morgan fingerprint density at radius 1 is 1.25 bits per heavy atom. The van der Waals surface area contributed by atoms with Crippen LogP contribution in [0.15, 0.2) is 22.5 Å². The zero-order valence-corrected chi connectivity index (χ0v) is 16.8. The first-order chi connectivity index (χ1) is 11.0. The number of aliphatic imine (C=N–C) groups is 1. The lowest BCUT2D eigenvalue weighted by atomic mass is 10.2. The van der Waals surface area contributed by atoms with Crippen molar-refractivity contribution in [1.82, 2.24) is 10.2 Å². The van der Waals surface area contributed by atoms with Gasteiger partial charge in [0.15, 0.2) is 5.96 Å². The second-order valence-corrected chi connectivity index (χ2v) is 6.40. The third kappa shape index (κ3) is 7.04. The van der Waals surface area contributed by atoms with Crippen molar-refractivity contribution >= 4 is 46.3 Å². The maximum absolute atomic E-state index is 12.1. The van der Waals surface area contributed by atoms with Crippen LogP contribution in [0.3, 0.4) is 0 Å². The van der Waals surface area contributed by atoms with Crippen LogP contribution in [-0.4, -0.2) is 56.8 Å². The highest BCUT2D eigenvalue weighted by Crippen LogP contribution is 2.23. The number of nitrogens with zero attached hydrogens (tertiary/aromatic N) is 3. The Bertz CT molecular complexity index is 485.